The molecule has 0 amide bonds. The molecule has 2 atom stereocenters. The third-order valence-corrected chi connectivity index (χ3v) is 6.47. The Morgan fingerprint density at radius 2 is 1.70 bits per heavy atom. The lowest BCUT2D eigenvalue weighted by Gasteiger charge is -2.29. The Morgan fingerprint density at radius 3 is 2.36 bits per heavy atom. The highest BCUT2D eigenvalue weighted by molar-refractivity contribution is 9.10. The van der Waals surface area contributed by atoms with E-state index in [1.54, 1.807) is 18.3 Å². The maximum atomic E-state index is 11.1. The quantitative estimate of drug-likeness (QED) is 0.206. The van der Waals surface area contributed by atoms with Crippen LogP contribution >= 0.6 is 28.1 Å². The Bertz CT molecular complexity index is 1310. The number of aromatic nitrogens is 2. The number of nitro benzene ring substituents is 1. The van der Waals surface area contributed by atoms with E-state index in [-0.39, 0.29) is 17.8 Å². The molecule has 2 aromatic heterocycles. The van der Waals surface area contributed by atoms with E-state index in [0.717, 1.165) is 27.2 Å². The number of hydrogen-bond donors (Lipinski definition) is 1. The fourth-order valence-corrected chi connectivity index (χ4v) is 4.75. The summed E-state index contributed by atoms with van der Waals surface area (Å²) in [6.45, 7) is 0. The van der Waals surface area contributed by atoms with Gasteiger partial charge in [-0.15, -0.1) is 0 Å². The molecule has 164 valence electrons. The summed E-state index contributed by atoms with van der Waals surface area (Å²) in [5.41, 5.74) is 3.69. The van der Waals surface area contributed by atoms with Crippen LogP contribution in [0.4, 0.5) is 11.4 Å². The lowest BCUT2D eigenvalue weighted by molar-refractivity contribution is -0.384. The van der Waals surface area contributed by atoms with Crippen LogP contribution in [0.5, 0.6) is 0 Å². The molecule has 1 fully saturated rings. The van der Waals surface area contributed by atoms with Gasteiger partial charge in [0.1, 0.15) is 6.04 Å². The summed E-state index contributed by atoms with van der Waals surface area (Å²) in [4.78, 5) is 17.4. The molecule has 0 spiro atoms. The molecule has 0 saturated carbocycles. The van der Waals surface area contributed by atoms with Crippen LogP contribution in [0.3, 0.4) is 0 Å². The Morgan fingerprint density at radius 1 is 0.970 bits per heavy atom. The van der Waals surface area contributed by atoms with E-state index < -0.39 is 4.92 Å². The predicted octanol–water partition coefficient (Wildman–Crippen LogP) is 5.72. The molecule has 0 unspecified atom stereocenters. The highest BCUT2D eigenvalue weighted by Gasteiger charge is 2.42. The Balaban J connectivity index is 1.63. The molecule has 1 saturated heterocycles. The number of nitro groups is 1. The van der Waals surface area contributed by atoms with Crippen molar-refractivity contribution < 1.29 is 4.92 Å². The minimum absolute atomic E-state index is 0.0546. The van der Waals surface area contributed by atoms with E-state index in [4.69, 9.17) is 12.2 Å². The molecule has 0 radical (unpaired) electrons. The predicted molar refractivity (Wildman–Crippen MR) is 134 cm³/mol. The third-order valence-electron chi connectivity index (χ3n) is 5.62. The lowest BCUT2D eigenvalue weighted by Crippen LogP contribution is -2.30. The van der Waals surface area contributed by atoms with E-state index in [0.29, 0.717) is 5.11 Å². The fraction of sp³-hybridized carbons (Fsp3) is 0.0833. The van der Waals surface area contributed by atoms with Crippen LogP contribution < -0.4 is 10.2 Å². The summed E-state index contributed by atoms with van der Waals surface area (Å²) in [6, 6.07) is 24.0. The second kappa shape index (κ2) is 8.76. The number of nitrogens with one attached hydrogen (secondary N) is 1. The third kappa shape index (κ3) is 4.01. The zero-order valence-corrected chi connectivity index (χ0v) is 19.6. The molecule has 0 aliphatic carbocycles. The van der Waals surface area contributed by atoms with Crippen molar-refractivity contribution in [3.8, 4) is 5.69 Å². The monoisotopic (exact) mass is 519 g/mol. The minimum Gasteiger partial charge on any atom is -0.351 e. The van der Waals surface area contributed by atoms with Gasteiger partial charge in [0.2, 0.25) is 0 Å². The van der Waals surface area contributed by atoms with Gasteiger partial charge in [0.05, 0.1) is 16.7 Å². The summed E-state index contributed by atoms with van der Waals surface area (Å²) in [7, 11) is 0. The zero-order valence-electron chi connectivity index (χ0n) is 17.2. The summed E-state index contributed by atoms with van der Waals surface area (Å²) >= 11 is 9.28. The highest BCUT2D eigenvalue weighted by atomic mass is 79.9. The van der Waals surface area contributed by atoms with Crippen LogP contribution in [0.2, 0.25) is 0 Å². The summed E-state index contributed by atoms with van der Waals surface area (Å²) in [5.74, 6) is 0. The van der Waals surface area contributed by atoms with Gasteiger partial charge >= 0.3 is 0 Å². The Kier molecular flexibility index (Phi) is 5.65. The van der Waals surface area contributed by atoms with Crippen molar-refractivity contribution in [3.63, 3.8) is 0 Å². The number of thiocarbonyl (C=S) groups is 1. The molecule has 0 bridgehead atoms. The van der Waals surface area contributed by atoms with Gasteiger partial charge < -0.3 is 14.8 Å². The summed E-state index contributed by atoms with van der Waals surface area (Å²) < 4.78 is 3.02. The number of nitrogens with zero attached hydrogens (tertiary/aromatic N) is 4. The topological polar surface area (TPSA) is 76.2 Å². The number of benzene rings is 2. The standard InChI is InChI=1S/C24H18BrN5O2S/c25-16-6-8-18(9-7-16)29-23(22(27-24(29)33)20-4-1-2-14-26-20)21-5-3-15-28(21)17-10-12-19(13-11-17)30(31)32/h1-15,22-23H,(H,27,33)/t22-,23-/m1/s1. The van der Waals surface area contributed by atoms with Crippen molar-refractivity contribution in [3.05, 3.63) is 117 Å². The Labute approximate surface area is 204 Å². The maximum Gasteiger partial charge on any atom is 0.269 e. The molecule has 3 heterocycles. The first-order chi connectivity index (χ1) is 16.0. The minimum atomic E-state index is -0.397. The first-order valence-corrected chi connectivity index (χ1v) is 11.4. The average Bonchev–Trinajstić information content (AvgIpc) is 3.44. The lowest BCUT2D eigenvalue weighted by atomic mass is 10.0. The van der Waals surface area contributed by atoms with E-state index in [1.165, 1.54) is 12.1 Å². The molecular formula is C24H18BrN5O2S. The first kappa shape index (κ1) is 21.3. The first-order valence-electron chi connectivity index (χ1n) is 10.2. The van der Waals surface area contributed by atoms with Crippen molar-refractivity contribution in [2.24, 2.45) is 0 Å². The van der Waals surface area contributed by atoms with E-state index in [2.05, 4.69) is 31.1 Å². The van der Waals surface area contributed by atoms with E-state index >= 15 is 0 Å². The van der Waals surface area contributed by atoms with Gasteiger partial charge in [-0.2, -0.15) is 0 Å². The van der Waals surface area contributed by atoms with Gasteiger partial charge in [0.15, 0.2) is 5.11 Å². The van der Waals surface area contributed by atoms with Gasteiger partial charge in [-0.1, -0.05) is 22.0 Å². The van der Waals surface area contributed by atoms with Crippen LogP contribution in [0.25, 0.3) is 5.69 Å². The maximum absolute atomic E-state index is 11.1. The van der Waals surface area contributed by atoms with Crippen molar-refractivity contribution >= 4 is 44.6 Å². The van der Waals surface area contributed by atoms with Gasteiger partial charge in [0.25, 0.3) is 5.69 Å². The van der Waals surface area contributed by atoms with Gasteiger partial charge in [-0.05, 0) is 72.9 Å². The number of hydrogen-bond acceptors (Lipinski definition) is 4. The number of pyridine rings is 1. The van der Waals surface area contributed by atoms with Crippen LogP contribution in [0.15, 0.2) is 95.7 Å². The molecule has 33 heavy (non-hydrogen) atoms. The van der Waals surface area contributed by atoms with Crippen molar-refractivity contribution in [2.45, 2.75) is 12.1 Å². The zero-order chi connectivity index (χ0) is 22.9. The number of halogens is 1. The van der Waals surface area contributed by atoms with Gasteiger partial charge in [-0.25, -0.2) is 0 Å². The van der Waals surface area contributed by atoms with Crippen LogP contribution in [-0.4, -0.2) is 19.6 Å². The van der Waals surface area contributed by atoms with Crippen molar-refractivity contribution in [1.82, 2.24) is 14.9 Å². The molecule has 7 nitrogen and oxygen atoms in total. The normalized spacial score (nSPS) is 17.7. The highest BCUT2D eigenvalue weighted by Crippen LogP contribution is 2.42. The summed E-state index contributed by atoms with van der Waals surface area (Å²) in [5, 5.41) is 15.2. The van der Waals surface area contributed by atoms with Crippen LogP contribution in [-0.2, 0) is 0 Å². The average molecular weight is 520 g/mol. The number of rotatable bonds is 5. The van der Waals surface area contributed by atoms with Gasteiger partial charge in [0, 0.05) is 46.1 Å². The molecule has 1 aliphatic rings. The molecule has 1 N–H and O–H groups in total. The van der Waals surface area contributed by atoms with Crippen molar-refractivity contribution in [2.75, 3.05) is 4.90 Å². The van der Waals surface area contributed by atoms with E-state index in [9.17, 15) is 10.1 Å². The molecular weight excluding hydrogens is 502 g/mol. The van der Waals surface area contributed by atoms with E-state index in [1.807, 2.05) is 65.4 Å². The Hall–Kier alpha value is -3.56. The fourth-order valence-electron chi connectivity index (χ4n) is 4.14. The smallest absolute Gasteiger partial charge is 0.269 e. The molecule has 1 aliphatic heterocycles. The SMILES string of the molecule is O=[N+]([O-])c1ccc(-n2cccc2[C@@H]2[C@@H](c3ccccn3)NC(=S)N2c2ccc(Br)cc2)cc1. The van der Waals surface area contributed by atoms with Crippen LogP contribution in [0, 0.1) is 10.1 Å². The number of non-ortho nitro benzene ring substituents is 1. The molecule has 2 aromatic carbocycles. The second-order valence-electron chi connectivity index (χ2n) is 7.55. The molecule has 5 rings (SSSR count). The van der Waals surface area contributed by atoms with Crippen LogP contribution in [0.1, 0.15) is 23.5 Å². The van der Waals surface area contributed by atoms with Gasteiger partial charge in [-0.3, -0.25) is 15.1 Å². The number of anilines is 1. The second-order valence-corrected chi connectivity index (χ2v) is 8.85. The molecule has 9 heteroatoms. The van der Waals surface area contributed by atoms with Crippen molar-refractivity contribution in [1.29, 1.82) is 0 Å². The molecule has 4 aromatic rings. The summed E-state index contributed by atoms with van der Waals surface area (Å²) in [6.07, 6.45) is 3.72. The largest absolute Gasteiger partial charge is 0.351 e.